The minimum absolute atomic E-state index is 0.268. The molecule has 1 saturated heterocycles. The molecule has 0 bridgehead atoms. The van der Waals surface area contributed by atoms with Crippen molar-refractivity contribution in [3.63, 3.8) is 0 Å². The van der Waals surface area contributed by atoms with E-state index in [9.17, 15) is 4.39 Å². The van der Waals surface area contributed by atoms with E-state index in [1.165, 1.54) is 19.3 Å². The van der Waals surface area contributed by atoms with Gasteiger partial charge in [0.2, 0.25) is 0 Å². The van der Waals surface area contributed by atoms with Crippen molar-refractivity contribution in [1.82, 2.24) is 5.32 Å². The first kappa shape index (κ1) is 12.0. The highest BCUT2D eigenvalue weighted by molar-refractivity contribution is 4.87. The van der Waals surface area contributed by atoms with Crippen LogP contribution in [0.2, 0.25) is 0 Å². The van der Waals surface area contributed by atoms with Crippen LogP contribution in [-0.4, -0.2) is 19.3 Å². The molecule has 0 saturated carbocycles. The van der Waals surface area contributed by atoms with Crippen LogP contribution in [0.4, 0.5) is 4.39 Å². The summed E-state index contributed by atoms with van der Waals surface area (Å²) in [6.45, 7) is 8.14. The lowest BCUT2D eigenvalue weighted by molar-refractivity contribution is 0.155. The monoisotopic (exact) mass is 201 g/mol. The van der Waals surface area contributed by atoms with Crippen LogP contribution in [0.1, 0.15) is 40.0 Å². The van der Waals surface area contributed by atoms with Gasteiger partial charge in [0.1, 0.15) is 6.17 Å². The van der Waals surface area contributed by atoms with Gasteiger partial charge in [0.05, 0.1) is 0 Å². The zero-order valence-electron chi connectivity index (χ0n) is 9.72. The van der Waals surface area contributed by atoms with Crippen molar-refractivity contribution in [1.29, 1.82) is 0 Å². The van der Waals surface area contributed by atoms with E-state index in [1.54, 1.807) is 0 Å². The number of alkyl halides is 1. The largest absolute Gasteiger partial charge is 0.313 e. The zero-order valence-corrected chi connectivity index (χ0v) is 9.72. The highest BCUT2D eigenvalue weighted by atomic mass is 19.1. The molecule has 0 aromatic rings. The van der Waals surface area contributed by atoms with Crippen LogP contribution >= 0.6 is 0 Å². The third kappa shape index (κ3) is 2.69. The third-order valence-electron chi connectivity index (χ3n) is 3.73. The fourth-order valence-electron chi connectivity index (χ4n) is 2.64. The Morgan fingerprint density at radius 1 is 1.36 bits per heavy atom. The molecule has 1 aliphatic rings. The predicted molar refractivity (Wildman–Crippen MR) is 59.1 cm³/mol. The molecule has 1 aliphatic heterocycles. The lowest BCUT2D eigenvalue weighted by Gasteiger charge is -2.29. The zero-order chi connectivity index (χ0) is 10.6. The van der Waals surface area contributed by atoms with Gasteiger partial charge in [0.25, 0.3) is 0 Å². The fraction of sp³-hybridized carbons (Fsp3) is 1.00. The summed E-state index contributed by atoms with van der Waals surface area (Å²) in [5, 5.41) is 3.16. The second-order valence-electron chi connectivity index (χ2n) is 4.68. The maximum absolute atomic E-state index is 13.6. The lowest BCUT2D eigenvalue weighted by atomic mass is 9.77. The van der Waals surface area contributed by atoms with Crippen LogP contribution < -0.4 is 5.32 Å². The molecule has 0 amide bonds. The smallest absolute Gasteiger partial charge is 0.117 e. The predicted octanol–water partition coefficient (Wildman–Crippen LogP) is 3.01. The average molecular weight is 201 g/mol. The number of nitrogens with one attached hydrogen (secondary N) is 1. The van der Waals surface area contributed by atoms with Crippen LogP contribution in [0.15, 0.2) is 0 Å². The first-order valence-electron chi connectivity index (χ1n) is 6.05. The molecule has 1 N–H and O–H groups in total. The summed E-state index contributed by atoms with van der Waals surface area (Å²) >= 11 is 0. The maximum atomic E-state index is 13.6. The van der Waals surface area contributed by atoms with Crippen LogP contribution in [0.25, 0.3) is 0 Å². The Bertz CT molecular complexity index is 160. The quantitative estimate of drug-likeness (QED) is 0.721. The first-order chi connectivity index (χ1) is 6.70. The molecule has 0 aromatic carbocycles. The van der Waals surface area contributed by atoms with Crippen molar-refractivity contribution in [3.8, 4) is 0 Å². The van der Waals surface area contributed by atoms with Gasteiger partial charge in [-0.3, -0.25) is 0 Å². The molecule has 4 atom stereocenters. The van der Waals surface area contributed by atoms with Gasteiger partial charge in [-0.2, -0.15) is 0 Å². The van der Waals surface area contributed by atoms with Crippen molar-refractivity contribution in [2.75, 3.05) is 13.1 Å². The number of hydrogen-bond donors (Lipinski definition) is 1. The summed E-state index contributed by atoms with van der Waals surface area (Å²) < 4.78 is 13.6. The SMILES string of the molecule is CCCC(C(C)CC)C1CNCC1F. The Balaban J connectivity index is 2.56. The highest BCUT2D eigenvalue weighted by Crippen LogP contribution is 2.33. The van der Waals surface area contributed by atoms with Crippen molar-refractivity contribution in [2.45, 2.75) is 46.2 Å². The molecule has 1 nitrogen and oxygen atoms in total. The third-order valence-corrected chi connectivity index (χ3v) is 3.73. The Kier molecular flexibility index (Phi) is 4.86. The average Bonchev–Trinajstić information content (AvgIpc) is 2.60. The van der Waals surface area contributed by atoms with Gasteiger partial charge >= 0.3 is 0 Å². The molecule has 4 unspecified atom stereocenters. The summed E-state index contributed by atoms with van der Waals surface area (Å²) in [6, 6.07) is 0. The topological polar surface area (TPSA) is 12.0 Å². The van der Waals surface area contributed by atoms with Gasteiger partial charge in [-0.1, -0.05) is 40.0 Å². The normalized spacial score (nSPS) is 31.7. The Labute approximate surface area is 87.5 Å². The summed E-state index contributed by atoms with van der Waals surface area (Å²) in [5.41, 5.74) is 0. The molecule has 0 aromatic heterocycles. The van der Waals surface area contributed by atoms with E-state index in [0.717, 1.165) is 6.54 Å². The van der Waals surface area contributed by atoms with E-state index >= 15 is 0 Å². The van der Waals surface area contributed by atoms with Gasteiger partial charge < -0.3 is 5.32 Å². The van der Waals surface area contributed by atoms with Crippen molar-refractivity contribution < 1.29 is 4.39 Å². The molecule has 1 heterocycles. The van der Waals surface area contributed by atoms with Crippen molar-refractivity contribution in [3.05, 3.63) is 0 Å². The van der Waals surface area contributed by atoms with Crippen LogP contribution in [0, 0.1) is 17.8 Å². The summed E-state index contributed by atoms with van der Waals surface area (Å²) in [5.74, 6) is 1.51. The number of rotatable bonds is 5. The second kappa shape index (κ2) is 5.69. The molecule has 0 radical (unpaired) electrons. The molecule has 14 heavy (non-hydrogen) atoms. The summed E-state index contributed by atoms with van der Waals surface area (Å²) in [6.07, 6.45) is 2.92. The Hall–Kier alpha value is -0.110. The number of hydrogen-bond acceptors (Lipinski definition) is 1. The van der Waals surface area contributed by atoms with Crippen LogP contribution in [0.5, 0.6) is 0 Å². The highest BCUT2D eigenvalue weighted by Gasteiger charge is 2.35. The van der Waals surface area contributed by atoms with E-state index in [-0.39, 0.29) is 5.92 Å². The molecule has 84 valence electrons. The number of halogens is 1. The van der Waals surface area contributed by atoms with Gasteiger partial charge in [-0.25, -0.2) is 4.39 Å². The van der Waals surface area contributed by atoms with Gasteiger partial charge in [0.15, 0.2) is 0 Å². The van der Waals surface area contributed by atoms with E-state index in [4.69, 9.17) is 0 Å². The van der Waals surface area contributed by atoms with E-state index < -0.39 is 6.17 Å². The molecule has 2 heteroatoms. The van der Waals surface area contributed by atoms with E-state index in [2.05, 4.69) is 26.1 Å². The molecular weight excluding hydrogens is 177 g/mol. The Morgan fingerprint density at radius 3 is 2.50 bits per heavy atom. The van der Waals surface area contributed by atoms with Crippen LogP contribution in [-0.2, 0) is 0 Å². The second-order valence-corrected chi connectivity index (χ2v) is 4.68. The first-order valence-corrected chi connectivity index (χ1v) is 6.05. The van der Waals surface area contributed by atoms with E-state index in [1.807, 2.05) is 0 Å². The molecular formula is C12H24FN. The molecule has 1 rings (SSSR count). The minimum atomic E-state index is -0.611. The maximum Gasteiger partial charge on any atom is 0.117 e. The summed E-state index contributed by atoms with van der Waals surface area (Å²) in [7, 11) is 0. The van der Waals surface area contributed by atoms with Crippen molar-refractivity contribution in [2.24, 2.45) is 17.8 Å². The van der Waals surface area contributed by atoms with Crippen LogP contribution in [0.3, 0.4) is 0 Å². The summed E-state index contributed by atoms with van der Waals surface area (Å²) in [4.78, 5) is 0. The van der Waals surface area contributed by atoms with Gasteiger partial charge in [-0.15, -0.1) is 0 Å². The Morgan fingerprint density at radius 2 is 2.07 bits per heavy atom. The molecule has 0 aliphatic carbocycles. The van der Waals surface area contributed by atoms with Crippen molar-refractivity contribution >= 4 is 0 Å². The molecule has 1 fully saturated rings. The van der Waals surface area contributed by atoms with Gasteiger partial charge in [0, 0.05) is 19.0 Å². The standard InChI is InChI=1S/C12H24FN/c1-4-6-10(9(3)5-2)11-7-14-8-12(11)13/h9-12,14H,4-8H2,1-3H3. The molecule has 0 spiro atoms. The lowest BCUT2D eigenvalue weighted by Crippen LogP contribution is -2.28. The fourth-order valence-corrected chi connectivity index (χ4v) is 2.64. The minimum Gasteiger partial charge on any atom is -0.313 e. The van der Waals surface area contributed by atoms with Gasteiger partial charge in [-0.05, 0) is 11.8 Å². The van der Waals surface area contributed by atoms with E-state index in [0.29, 0.717) is 18.4 Å².